The number of benzene rings is 1. The van der Waals surface area contributed by atoms with Crippen LogP contribution in [0, 0.1) is 5.92 Å². The minimum absolute atomic E-state index is 0.0422. The molecule has 2 fully saturated rings. The van der Waals surface area contributed by atoms with Crippen LogP contribution in [-0.4, -0.2) is 76.5 Å². The lowest BCUT2D eigenvalue weighted by atomic mass is 10.1. The number of pyridine rings is 1. The topological polar surface area (TPSA) is 99.6 Å². The molecule has 9 nitrogen and oxygen atoms in total. The molecule has 4 heterocycles. The Bertz CT molecular complexity index is 1190. The fourth-order valence-electron chi connectivity index (χ4n) is 4.27. The molecule has 162 valence electrons. The third-order valence-electron chi connectivity index (χ3n) is 5.99. The number of rotatable bonds is 4. The highest BCUT2D eigenvalue weighted by Crippen LogP contribution is 2.29. The molecule has 0 bridgehead atoms. The number of piperazine rings is 1. The van der Waals surface area contributed by atoms with E-state index in [-0.39, 0.29) is 23.3 Å². The molecule has 1 amide bonds. The van der Waals surface area contributed by atoms with Gasteiger partial charge in [0.1, 0.15) is 15.9 Å². The van der Waals surface area contributed by atoms with Gasteiger partial charge in [0.25, 0.3) is 0 Å². The number of hydrogen-bond acceptors (Lipinski definition) is 8. The van der Waals surface area contributed by atoms with Gasteiger partial charge in [0.15, 0.2) is 0 Å². The molecule has 0 radical (unpaired) electrons. The fourth-order valence-corrected chi connectivity index (χ4v) is 6.53. The molecule has 2 aliphatic heterocycles. The molecule has 2 saturated heterocycles. The summed E-state index contributed by atoms with van der Waals surface area (Å²) in [5, 5.41) is 0. The Kier molecular flexibility index (Phi) is 5.32. The Morgan fingerprint density at radius 3 is 2.55 bits per heavy atom. The number of carbonyl (C=O) groups is 1. The van der Waals surface area contributed by atoms with E-state index >= 15 is 0 Å². The van der Waals surface area contributed by atoms with E-state index in [2.05, 4.69) is 18.6 Å². The van der Waals surface area contributed by atoms with Gasteiger partial charge in [-0.3, -0.25) is 9.78 Å². The molecule has 3 aromatic rings. The zero-order valence-corrected chi connectivity index (χ0v) is 18.4. The molecule has 5 rings (SSSR count). The quantitative estimate of drug-likeness (QED) is 0.583. The van der Waals surface area contributed by atoms with Gasteiger partial charge in [-0.05, 0) is 30.7 Å². The van der Waals surface area contributed by atoms with Crippen LogP contribution in [0.2, 0.25) is 0 Å². The first-order valence-corrected chi connectivity index (χ1v) is 12.4. The van der Waals surface area contributed by atoms with Crippen LogP contribution in [0.4, 0.5) is 5.69 Å². The van der Waals surface area contributed by atoms with Gasteiger partial charge >= 0.3 is 0 Å². The molecule has 0 aliphatic carbocycles. The minimum Gasteiger partial charge on any atom is -0.368 e. The molecule has 0 spiro atoms. The van der Waals surface area contributed by atoms with Crippen molar-refractivity contribution in [3.05, 3.63) is 42.7 Å². The summed E-state index contributed by atoms with van der Waals surface area (Å²) in [6.45, 7) is 3.32. The Labute approximate surface area is 184 Å². The van der Waals surface area contributed by atoms with Gasteiger partial charge in [-0.1, -0.05) is 6.07 Å². The van der Waals surface area contributed by atoms with Crippen LogP contribution in [0.15, 0.2) is 47.6 Å². The van der Waals surface area contributed by atoms with E-state index in [0.29, 0.717) is 37.1 Å². The molecule has 2 aromatic heterocycles. The van der Waals surface area contributed by atoms with Gasteiger partial charge in [-0.2, -0.15) is 13.1 Å². The SMILES string of the molecule is O=C(C1CCN(S(=O)(=O)c2cccc3nsnc23)C1)N1CCN(c2ccncc2)CC1. The zero-order valence-electron chi connectivity index (χ0n) is 16.8. The number of hydrogen-bond donors (Lipinski definition) is 0. The fraction of sp³-hybridized carbons (Fsp3) is 0.400. The number of fused-ring (bicyclic) bond motifs is 1. The monoisotopic (exact) mass is 458 g/mol. The summed E-state index contributed by atoms with van der Waals surface area (Å²) in [7, 11) is -3.72. The van der Waals surface area contributed by atoms with Crippen LogP contribution >= 0.6 is 11.7 Å². The van der Waals surface area contributed by atoms with E-state index in [1.54, 1.807) is 30.6 Å². The van der Waals surface area contributed by atoms with E-state index in [4.69, 9.17) is 0 Å². The maximum Gasteiger partial charge on any atom is 0.245 e. The maximum atomic E-state index is 13.2. The lowest BCUT2D eigenvalue weighted by Gasteiger charge is -2.37. The molecule has 0 N–H and O–H groups in total. The average Bonchev–Trinajstić information content (AvgIpc) is 3.49. The molecule has 11 heteroatoms. The number of sulfonamides is 1. The van der Waals surface area contributed by atoms with Gasteiger partial charge in [0.05, 0.1) is 17.6 Å². The third-order valence-corrected chi connectivity index (χ3v) is 8.43. The van der Waals surface area contributed by atoms with Crippen molar-refractivity contribution in [2.75, 3.05) is 44.2 Å². The standard InChI is InChI=1S/C20H22N6O3S2/c27-20(25-12-10-24(11-13-25)16-4-7-21-8-5-16)15-6-9-26(14-15)31(28,29)18-3-1-2-17-19(18)23-30-22-17/h1-5,7-8,15H,6,9-14H2. The largest absolute Gasteiger partial charge is 0.368 e. The predicted octanol–water partition coefficient (Wildman–Crippen LogP) is 1.45. The van der Waals surface area contributed by atoms with Crippen molar-refractivity contribution in [2.45, 2.75) is 11.3 Å². The summed E-state index contributed by atoms with van der Waals surface area (Å²) in [5.74, 6) is -0.268. The van der Waals surface area contributed by atoms with Crippen molar-refractivity contribution in [3.63, 3.8) is 0 Å². The smallest absolute Gasteiger partial charge is 0.245 e. The second-order valence-corrected chi connectivity index (χ2v) is 10.2. The molecular formula is C20H22N6O3S2. The van der Waals surface area contributed by atoms with Crippen LogP contribution in [0.3, 0.4) is 0 Å². The van der Waals surface area contributed by atoms with E-state index in [1.807, 2.05) is 17.0 Å². The van der Waals surface area contributed by atoms with Gasteiger partial charge in [-0.15, -0.1) is 0 Å². The normalized spacial score (nSPS) is 20.5. The van der Waals surface area contributed by atoms with E-state index in [1.165, 1.54) is 4.31 Å². The lowest BCUT2D eigenvalue weighted by Crippen LogP contribution is -2.50. The van der Waals surface area contributed by atoms with Crippen LogP contribution < -0.4 is 4.90 Å². The molecule has 31 heavy (non-hydrogen) atoms. The highest BCUT2D eigenvalue weighted by Gasteiger charge is 2.39. The number of aromatic nitrogens is 3. The zero-order chi connectivity index (χ0) is 21.4. The molecular weight excluding hydrogens is 436 g/mol. The van der Waals surface area contributed by atoms with Crippen molar-refractivity contribution in [1.82, 2.24) is 22.9 Å². The van der Waals surface area contributed by atoms with Gasteiger partial charge in [-0.25, -0.2) is 8.42 Å². The Morgan fingerprint density at radius 1 is 1.00 bits per heavy atom. The van der Waals surface area contributed by atoms with E-state index in [9.17, 15) is 13.2 Å². The van der Waals surface area contributed by atoms with Crippen molar-refractivity contribution in [3.8, 4) is 0 Å². The minimum atomic E-state index is -3.72. The van der Waals surface area contributed by atoms with Crippen molar-refractivity contribution >= 4 is 44.4 Å². The summed E-state index contributed by atoms with van der Waals surface area (Å²) < 4.78 is 36.1. The summed E-state index contributed by atoms with van der Waals surface area (Å²) in [4.78, 5) is 21.4. The first kappa shape index (κ1) is 20.3. The average molecular weight is 459 g/mol. The van der Waals surface area contributed by atoms with Crippen molar-refractivity contribution < 1.29 is 13.2 Å². The van der Waals surface area contributed by atoms with Crippen LogP contribution in [-0.2, 0) is 14.8 Å². The Balaban J connectivity index is 1.24. The summed E-state index contributed by atoms with van der Waals surface area (Å²) >= 11 is 0.997. The highest BCUT2D eigenvalue weighted by molar-refractivity contribution is 7.89. The number of anilines is 1. The molecule has 1 aromatic carbocycles. The van der Waals surface area contributed by atoms with Crippen LogP contribution in [0.25, 0.3) is 11.0 Å². The summed E-state index contributed by atoms with van der Waals surface area (Å²) in [5.41, 5.74) is 2.07. The van der Waals surface area contributed by atoms with E-state index < -0.39 is 10.0 Å². The summed E-state index contributed by atoms with van der Waals surface area (Å²) in [6.07, 6.45) is 4.07. The summed E-state index contributed by atoms with van der Waals surface area (Å²) in [6, 6.07) is 8.93. The van der Waals surface area contributed by atoms with Gasteiger partial charge < -0.3 is 9.80 Å². The Morgan fingerprint density at radius 2 is 1.77 bits per heavy atom. The molecule has 0 saturated carbocycles. The lowest BCUT2D eigenvalue weighted by molar-refractivity contribution is -0.135. The van der Waals surface area contributed by atoms with E-state index in [0.717, 1.165) is 30.5 Å². The van der Waals surface area contributed by atoms with Crippen LogP contribution in [0.5, 0.6) is 0 Å². The van der Waals surface area contributed by atoms with Gasteiger partial charge in [0, 0.05) is 57.3 Å². The van der Waals surface area contributed by atoms with Crippen molar-refractivity contribution in [1.29, 1.82) is 0 Å². The highest BCUT2D eigenvalue weighted by atomic mass is 32.2. The first-order chi connectivity index (χ1) is 15.0. The number of carbonyl (C=O) groups excluding carboxylic acids is 1. The van der Waals surface area contributed by atoms with Gasteiger partial charge in [0.2, 0.25) is 15.9 Å². The molecule has 1 atom stereocenters. The third kappa shape index (κ3) is 3.77. The Hall–Kier alpha value is -2.63. The first-order valence-electron chi connectivity index (χ1n) is 10.2. The number of amides is 1. The molecule has 2 aliphatic rings. The second-order valence-electron chi connectivity index (χ2n) is 7.75. The molecule has 1 unspecified atom stereocenters. The number of nitrogens with zero attached hydrogens (tertiary/aromatic N) is 6. The predicted molar refractivity (Wildman–Crippen MR) is 117 cm³/mol. The second kappa shape index (κ2) is 8.13. The van der Waals surface area contributed by atoms with Crippen molar-refractivity contribution in [2.24, 2.45) is 5.92 Å². The maximum absolute atomic E-state index is 13.2. The van der Waals surface area contributed by atoms with Crippen LogP contribution in [0.1, 0.15) is 6.42 Å².